The molecule has 0 aliphatic heterocycles. The normalized spacial score (nSPS) is 25.2. The average Bonchev–Trinajstić information content (AvgIpc) is 2.45. The van der Waals surface area contributed by atoms with Crippen molar-refractivity contribution in [3.8, 4) is 0 Å². The molecule has 3 heteroatoms. The summed E-state index contributed by atoms with van der Waals surface area (Å²) in [6.45, 7) is 2.64. The largest absolute Gasteiger partial charge is 0.369 e. The second-order valence-electron chi connectivity index (χ2n) is 5.48. The van der Waals surface area contributed by atoms with Crippen molar-refractivity contribution in [3.05, 3.63) is 35.6 Å². The van der Waals surface area contributed by atoms with Crippen molar-refractivity contribution in [2.45, 2.75) is 51.2 Å². The predicted octanol–water partition coefficient (Wildman–Crippen LogP) is 3.81. The molecule has 0 aromatic heterocycles. The molecule has 0 radical (unpaired) electrons. The van der Waals surface area contributed by atoms with Gasteiger partial charge in [0.1, 0.15) is 5.82 Å². The quantitative estimate of drug-likeness (QED) is 0.878. The molecule has 106 valence electrons. The topological polar surface area (TPSA) is 35.2 Å². The van der Waals surface area contributed by atoms with Crippen molar-refractivity contribution in [2.24, 2.45) is 11.7 Å². The summed E-state index contributed by atoms with van der Waals surface area (Å²) in [4.78, 5) is 0. The molecule has 1 aliphatic rings. The fraction of sp³-hybridized carbons (Fsp3) is 0.625. The minimum absolute atomic E-state index is 0.184. The minimum atomic E-state index is -0.227. The van der Waals surface area contributed by atoms with Crippen molar-refractivity contribution in [1.82, 2.24) is 0 Å². The molecule has 0 saturated heterocycles. The summed E-state index contributed by atoms with van der Waals surface area (Å²) in [5.41, 5.74) is 6.64. The van der Waals surface area contributed by atoms with Gasteiger partial charge in [0.2, 0.25) is 0 Å². The molecular weight excluding hydrogens is 241 g/mol. The van der Waals surface area contributed by atoms with Gasteiger partial charge in [-0.25, -0.2) is 4.39 Å². The van der Waals surface area contributed by atoms with Crippen molar-refractivity contribution >= 4 is 0 Å². The maximum Gasteiger partial charge on any atom is 0.123 e. The number of ether oxygens (including phenoxy) is 1. The lowest BCUT2D eigenvalue weighted by atomic mass is 9.85. The number of hydrogen-bond donors (Lipinski definition) is 1. The van der Waals surface area contributed by atoms with Gasteiger partial charge in [-0.1, -0.05) is 38.3 Å². The standard InChI is InChI=1S/C16H24FNO/c1-2-12-5-3-8-15(9-12)19-16(11-18)13-6-4-7-14(17)10-13/h4,6-7,10,12,15-16H,2-3,5,8-9,11,18H2,1H3. The van der Waals surface area contributed by atoms with Crippen LogP contribution in [0.1, 0.15) is 50.7 Å². The molecule has 1 fully saturated rings. The second kappa shape index (κ2) is 7.01. The Labute approximate surface area is 115 Å². The van der Waals surface area contributed by atoms with E-state index in [1.807, 2.05) is 6.07 Å². The van der Waals surface area contributed by atoms with Gasteiger partial charge in [-0.2, -0.15) is 0 Å². The molecule has 3 atom stereocenters. The first-order chi connectivity index (χ1) is 9.22. The highest BCUT2D eigenvalue weighted by atomic mass is 19.1. The van der Waals surface area contributed by atoms with Gasteiger partial charge < -0.3 is 10.5 Å². The average molecular weight is 265 g/mol. The zero-order valence-corrected chi connectivity index (χ0v) is 11.6. The van der Waals surface area contributed by atoms with Crippen LogP contribution in [0.3, 0.4) is 0 Å². The Balaban J connectivity index is 1.99. The molecular formula is C16H24FNO. The highest BCUT2D eigenvalue weighted by Crippen LogP contribution is 2.31. The third-order valence-corrected chi connectivity index (χ3v) is 4.10. The lowest BCUT2D eigenvalue weighted by molar-refractivity contribution is -0.0382. The highest BCUT2D eigenvalue weighted by Gasteiger charge is 2.24. The third-order valence-electron chi connectivity index (χ3n) is 4.10. The van der Waals surface area contributed by atoms with Gasteiger partial charge in [-0.15, -0.1) is 0 Å². The molecule has 2 N–H and O–H groups in total. The van der Waals surface area contributed by atoms with Crippen LogP contribution in [0.5, 0.6) is 0 Å². The molecule has 19 heavy (non-hydrogen) atoms. The van der Waals surface area contributed by atoms with Crippen LogP contribution < -0.4 is 5.73 Å². The maximum absolute atomic E-state index is 13.3. The van der Waals surface area contributed by atoms with Gasteiger partial charge in [0.25, 0.3) is 0 Å². The Morgan fingerprint density at radius 1 is 1.42 bits per heavy atom. The lowest BCUT2D eigenvalue weighted by Crippen LogP contribution is -2.27. The maximum atomic E-state index is 13.3. The number of benzene rings is 1. The third kappa shape index (κ3) is 4.02. The van der Waals surface area contributed by atoms with E-state index in [2.05, 4.69) is 6.92 Å². The zero-order chi connectivity index (χ0) is 13.7. The van der Waals surface area contributed by atoms with Gasteiger partial charge in [0, 0.05) is 6.54 Å². The molecule has 3 unspecified atom stereocenters. The molecule has 1 aliphatic carbocycles. The fourth-order valence-corrected chi connectivity index (χ4v) is 2.95. The molecule has 1 saturated carbocycles. The van der Waals surface area contributed by atoms with E-state index in [1.54, 1.807) is 6.07 Å². The van der Waals surface area contributed by atoms with Crippen LogP contribution >= 0.6 is 0 Å². The Morgan fingerprint density at radius 2 is 2.26 bits per heavy atom. The summed E-state index contributed by atoms with van der Waals surface area (Å²) in [7, 11) is 0. The number of nitrogens with two attached hydrogens (primary N) is 1. The van der Waals surface area contributed by atoms with Crippen LogP contribution in [0.4, 0.5) is 4.39 Å². The first-order valence-electron chi connectivity index (χ1n) is 7.34. The molecule has 1 aromatic carbocycles. The molecule has 1 aromatic rings. The molecule has 0 amide bonds. The summed E-state index contributed by atoms with van der Waals surface area (Å²) in [6.07, 6.45) is 6.05. The number of hydrogen-bond acceptors (Lipinski definition) is 2. The summed E-state index contributed by atoms with van der Waals surface area (Å²) < 4.78 is 19.4. The SMILES string of the molecule is CCC1CCCC(OC(CN)c2cccc(F)c2)C1. The van der Waals surface area contributed by atoms with E-state index in [-0.39, 0.29) is 18.0 Å². The van der Waals surface area contributed by atoms with E-state index < -0.39 is 0 Å². The summed E-state index contributed by atoms with van der Waals surface area (Å²) in [5, 5.41) is 0. The van der Waals surface area contributed by atoms with Crippen LogP contribution in [0, 0.1) is 11.7 Å². The minimum Gasteiger partial charge on any atom is -0.369 e. The van der Waals surface area contributed by atoms with Crippen LogP contribution in [-0.4, -0.2) is 12.6 Å². The Morgan fingerprint density at radius 3 is 2.95 bits per heavy atom. The smallest absolute Gasteiger partial charge is 0.123 e. The molecule has 0 bridgehead atoms. The fourth-order valence-electron chi connectivity index (χ4n) is 2.95. The van der Waals surface area contributed by atoms with E-state index in [1.165, 1.54) is 31.4 Å². The van der Waals surface area contributed by atoms with Crippen LogP contribution in [0.15, 0.2) is 24.3 Å². The predicted molar refractivity (Wildman–Crippen MR) is 75.3 cm³/mol. The first kappa shape index (κ1) is 14.5. The molecule has 2 nitrogen and oxygen atoms in total. The summed E-state index contributed by atoms with van der Waals surface area (Å²) >= 11 is 0. The Hall–Kier alpha value is -0.930. The van der Waals surface area contributed by atoms with Crippen molar-refractivity contribution in [3.63, 3.8) is 0 Å². The van der Waals surface area contributed by atoms with Gasteiger partial charge in [0.15, 0.2) is 0 Å². The molecule has 0 spiro atoms. The number of halogens is 1. The van der Waals surface area contributed by atoms with E-state index in [0.29, 0.717) is 6.54 Å². The van der Waals surface area contributed by atoms with Crippen LogP contribution in [-0.2, 0) is 4.74 Å². The Kier molecular flexibility index (Phi) is 5.34. The zero-order valence-electron chi connectivity index (χ0n) is 11.6. The second-order valence-corrected chi connectivity index (χ2v) is 5.48. The summed E-state index contributed by atoms with van der Waals surface area (Å²) in [6, 6.07) is 6.58. The van der Waals surface area contributed by atoms with Gasteiger partial charge in [-0.3, -0.25) is 0 Å². The number of rotatable bonds is 5. The first-order valence-corrected chi connectivity index (χ1v) is 7.34. The summed E-state index contributed by atoms with van der Waals surface area (Å²) in [5.74, 6) is 0.541. The Bertz CT molecular complexity index is 396. The lowest BCUT2D eigenvalue weighted by Gasteiger charge is -2.31. The van der Waals surface area contributed by atoms with E-state index >= 15 is 0 Å². The molecule has 0 heterocycles. The van der Waals surface area contributed by atoms with Crippen LogP contribution in [0.2, 0.25) is 0 Å². The van der Waals surface area contributed by atoms with Gasteiger partial charge >= 0.3 is 0 Å². The van der Waals surface area contributed by atoms with E-state index in [4.69, 9.17) is 10.5 Å². The van der Waals surface area contributed by atoms with E-state index in [9.17, 15) is 4.39 Å². The monoisotopic (exact) mass is 265 g/mol. The highest BCUT2D eigenvalue weighted by molar-refractivity contribution is 5.19. The van der Waals surface area contributed by atoms with Gasteiger partial charge in [-0.05, 0) is 36.5 Å². The van der Waals surface area contributed by atoms with Crippen LogP contribution in [0.25, 0.3) is 0 Å². The van der Waals surface area contributed by atoms with Crippen molar-refractivity contribution < 1.29 is 9.13 Å². The van der Waals surface area contributed by atoms with Crippen molar-refractivity contribution in [2.75, 3.05) is 6.54 Å². The van der Waals surface area contributed by atoms with E-state index in [0.717, 1.165) is 24.3 Å². The molecule has 2 rings (SSSR count). The van der Waals surface area contributed by atoms with Gasteiger partial charge in [0.05, 0.1) is 12.2 Å². The van der Waals surface area contributed by atoms with Crippen molar-refractivity contribution in [1.29, 1.82) is 0 Å².